The van der Waals surface area contributed by atoms with Crippen LogP contribution in [0, 0.1) is 29.6 Å². The normalized spacial score (nSPS) is 25.9. The molecule has 5 atom stereocenters. The van der Waals surface area contributed by atoms with Crippen molar-refractivity contribution in [3.05, 3.63) is 29.8 Å². The molecule has 1 aliphatic heterocycles. The summed E-state index contributed by atoms with van der Waals surface area (Å²) in [5.41, 5.74) is 0.770. The molecule has 182 valence electrons. The molecule has 0 spiro atoms. The average molecular weight is 471 g/mol. The van der Waals surface area contributed by atoms with E-state index >= 15 is 0 Å². The summed E-state index contributed by atoms with van der Waals surface area (Å²) in [6.45, 7) is 4.91. The molecule has 34 heavy (non-hydrogen) atoms. The van der Waals surface area contributed by atoms with Crippen molar-refractivity contribution in [3.63, 3.8) is 0 Å². The predicted octanol–water partition coefficient (Wildman–Crippen LogP) is 2.40. The highest BCUT2D eigenvalue weighted by molar-refractivity contribution is 6.08. The van der Waals surface area contributed by atoms with E-state index in [-0.39, 0.29) is 48.0 Å². The third kappa shape index (κ3) is 4.31. The summed E-state index contributed by atoms with van der Waals surface area (Å²) < 4.78 is 10.1. The number of imide groups is 1. The highest BCUT2D eigenvalue weighted by Gasteiger charge is 2.62. The van der Waals surface area contributed by atoms with Gasteiger partial charge in [0.2, 0.25) is 11.8 Å². The Bertz CT molecular complexity index is 975. The maximum atomic E-state index is 13.1. The second kappa shape index (κ2) is 9.56. The van der Waals surface area contributed by atoms with Gasteiger partial charge in [-0.15, -0.1) is 0 Å². The first-order chi connectivity index (χ1) is 16.2. The van der Waals surface area contributed by atoms with Crippen molar-refractivity contribution in [1.29, 1.82) is 0 Å². The van der Waals surface area contributed by atoms with Crippen LogP contribution in [0.25, 0.3) is 0 Å². The maximum absolute atomic E-state index is 13.1. The second-order valence-electron chi connectivity index (χ2n) is 9.57. The molecule has 1 heterocycles. The first-order valence-electron chi connectivity index (χ1n) is 11.8. The summed E-state index contributed by atoms with van der Waals surface area (Å²) >= 11 is 0. The average Bonchev–Trinajstić information content (AvgIpc) is 3.48. The second-order valence-corrected chi connectivity index (χ2v) is 9.57. The number of carbonyl (C=O) groups excluding carboxylic acids is 5. The predicted molar refractivity (Wildman–Crippen MR) is 120 cm³/mol. The van der Waals surface area contributed by atoms with E-state index in [1.807, 2.05) is 0 Å². The number of ether oxygens (including phenoxy) is 2. The van der Waals surface area contributed by atoms with Crippen LogP contribution >= 0.6 is 0 Å². The first kappa shape index (κ1) is 23.9. The van der Waals surface area contributed by atoms with Crippen LogP contribution in [0.15, 0.2) is 24.3 Å². The minimum Gasteiger partial charge on any atom is -0.462 e. The van der Waals surface area contributed by atoms with Gasteiger partial charge in [-0.05, 0) is 68.2 Å². The molecule has 2 bridgehead atoms. The Labute approximate surface area is 198 Å². The molecule has 3 fully saturated rings. The Morgan fingerprint density at radius 3 is 2.12 bits per heavy atom. The third-order valence-corrected chi connectivity index (χ3v) is 7.14. The van der Waals surface area contributed by atoms with E-state index in [0.717, 1.165) is 24.2 Å². The fraction of sp³-hybridized carbons (Fsp3) is 0.560. The number of rotatable bonds is 8. The van der Waals surface area contributed by atoms with Gasteiger partial charge < -0.3 is 14.8 Å². The number of amides is 3. The van der Waals surface area contributed by atoms with E-state index in [4.69, 9.17) is 9.47 Å². The number of anilines is 1. The molecular weight excluding hydrogens is 440 g/mol. The van der Waals surface area contributed by atoms with Crippen molar-refractivity contribution in [1.82, 2.24) is 4.90 Å². The number of fused-ring (bicyclic) bond motifs is 5. The minimum absolute atomic E-state index is 0.223. The third-order valence-electron chi connectivity index (χ3n) is 7.14. The van der Waals surface area contributed by atoms with E-state index < -0.39 is 30.5 Å². The molecule has 9 nitrogen and oxygen atoms in total. The fourth-order valence-corrected chi connectivity index (χ4v) is 5.70. The van der Waals surface area contributed by atoms with E-state index in [2.05, 4.69) is 5.32 Å². The number of esters is 2. The van der Waals surface area contributed by atoms with Gasteiger partial charge in [-0.2, -0.15) is 0 Å². The number of benzene rings is 1. The van der Waals surface area contributed by atoms with Gasteiger partial charge >= 0.3 is 11.9 Å². The largest absolute Gasteiger partial charge is 0.462 e. The minimum atomic E-state index is -1.05. The Hall–Kier alpha value is -3.23. The van der Waals surface area contributed by atoms with Crippen molar-refractivity contribution >= 4 is 35.3 Å². The van der Waals surface area contributed by atoms with Gasteiger partial charge in [0.05, 0.1) is 24.0 Å². The van der Waals surface area contributed by atoms with Gasteiger partial charge in [0, 0.05) is 5.69 Å². The molecule has 3 amide bonds. The van der Waals surface area contributed by atoms with Crippen molar-refractivity contribution in [2.24, 2.45) is 29.6 Å². The molecule has 2 saturated carbocycles. The van der Waals surface area contributed by atoms with Crippen LogP contribution in [-0.2, 0) is 28.7 Å². The van der Waals surface area contributed by atoms with Crippen molar-refractivity contribution in [2.45, 2.75) is 46.1 Å². The molecule has 9 heteroatoms. The molecule has 0 aromatic heterocycles. The van der Waals surface area contributed by atoms with Gasteiger partial charge in [-0.25, -0.2) is 9.59 Å². The van der Waals surface area contributed by atoms with Gasteiger partial charge in [-0.3, -0.25) is 19.3 Å². The zero-order chi connectivity index (χ0) is 24.6. The van der Waals surface area contributed by atoms with Crippen LogP contribution < -0.4 is 5.32 Å². The van der Waals surface area contributed by atoms with Crippen molar-refractivity contribution < 1.29 is 33.4 Å². The lowest BCUT2D eigenvalue weighted by molar-refractivity contribution is -0.162. The molecule has 1 aromatic carbocycles. The molecule has 1 saturated heterocycles. The summed E-state index contributed by atoms with van der Waals surface area (Å²) in [6, 6.07) is 5.06. The molecule has 1 N–H and O–H groups in total. The summed E-state index contributed by atoms with van der Waals surface area (Å²) in [6.07, 6.45) is 2.82. The van der Waals surface area contributed by atoms with Crippen LogP contribution in [0.4, 0.5) is 5.69 Å². The number of hydrogen-bond donors (Lipinski definition) is 1. The summed E-state index contributed by atoms with van der Waals surface area (Å²) in [5.74, 6) is -2.89. The Morgan fingerprint density at radius 2 is 1.59 bits per heavy atom. The van der Waals surface area contributed by atoms with E-state index in [1.165, 1.54) is 24.3 Å². The van der Waals surface area contributed by atoms with Gasteiger partial charge in [0.1, 0.15) is 6.04 Å². The smallest absolute Gasteiger partial charge is 0.338 e. The quantitative estimate of drug-likeness (QED) is 0.458. The molecular formula is C25H30N2O7. The van der Waals surface area contributed by atoms with Crippen LogP contribution in [0.1, 0.15) is 50.4 Å². The van der Waals surface area contributed by atoms with Crippen molar-refractivity contribution in [3.8, 4) is 0 Å². The fourth-order valence-electron chi connectivity index (χ4n) is 5.70. The lowest BCUT2D eigenvalue weighted by Crippen LogP contribution is -2.50. The molecule has 0 unspecified atom stereocenters. The van der Waals surface area contributed by atoms with Crippen LogP contribution in [0.5, 0.6) is 0 Å². The Morgan fingerprint density at radius 1 is 1.00 bits per heavy atom. The molecule has 0 radical (unpaired) electrons. The standard InChI is InChI=1S/C25H30N2O7/c1-4-33-24(31)14-7-9-17(10-8-14)26-18(28)12-34-25(32)21(13(2)3)27-22(29)19-15-5-6-16(11-15)20(19)23(27)30/h7-10,13,15-16,19-21H,4-6,11-12H2,1-3H3,(H,26,28)/t15-,16-,19-,20+,21-/m0/s1. The SMILES string of the molecule is CCOC(=O)c1ccc(NC(=O)COC(=O)[C@H](C(C)C)N2C(=O)[C@@H]3[C@H]4CC[C@@H](C4)[C@@H]3C2=O)cc1. The highest BCUT2D eigenvalue weighted by Crippen LogP contribution is 2.56. The van der Waals surface area contributed by atoms with Crippen molar-refractivity contribution in [2.75, 3.05) is 18.5 Å². The lowest BCUT2D eigenvalue weighted by atomic mass is 9.81. The topological polar surface area (TPSA) is 119 Å². The summed E-state index contributed by atoms with van der Waals surface area (Å²) in [4.78, 5) is 64.3. The zero-order valence-electron chi connectivity index (χ0n) is 19.6. The number of hydrogen-bond acceptors (Lipinski definition) is 7. The lowest BCUT2D eigenvalue weighted by Gasteiger charge is -2.28. The van der Waals surface area contributed by atoms with Crippen LogP contribution in [0.3, 0.4) is 0 Å². The highest BCUT2D eigenvalue weighted by atomic mass is 16.5. The molecule has 1 aromatic rings. The van der Waals surface area contributed by atoms with Crippen LogP contribution in [0.2, 0.25) is 0 Å². The Balaban J connectivity index is 1.35. The van der Waals surface area contributed by atoms with E-state index in [1.54, 1.807) is 20.8 Å². The van der Waals surface area contributed by atoms with Gasteiger partial charge in [0.25, 0.3) is 5.91 Å². The summed E-state index contributed by atoms with van der Waals surface area (Å²) in [7, 11) is 0. The number of carbonyl (C=O) groups is 5. The number of nitrogens with one attached hydrogen (secondary N) is 1. The van der Waals surface area contributed by atoms with E-state index in [0.29, 0.717) is 11.3 Å². The van der Waals surface area contributed by atoms with E-state index in [9.17, 15) is 24.0 Å². The monoisotopic (exact) mass is 470 g/mol. The molecule has 4 rings (SSSR count). The molecule has 2 aliphatic carbocycles. The van der Waals surface area contributed by atoms with Crippen LogP contribution in [-0.4, -0.2) is 53.8 Å². The van der Waals surface area contributed by atoms with Gasteiger partial charge in [0.15, 0.2) is 6.61 Å². The molecule has 3 aliphatic rings. The summed E-state index contributed by atoms with van der Waals surface area (Å²) in [5, 5.41) is 2.59. The number of nitrogens with zero attached hydrogens (tertiary/aromatic N) is 1. The maximum Gasteiger partial charge on any atom is 0.338 e. The first-order valence-corrected chi connectivity index (χ1v) is 11.8. The number of likely N-dealkylation sites (tertiary alicyclic amines) is 1. The zero-order valence-corrected chi connectivity index (χ0v) is 19.6. The van der Waals surface area contributed by atoms with Gasteiger partial charge in [-0.1, -0.05) is 13.8 Å². The Kier molecular flexibility index (Phi) is 6.72.